The molecule has 1 aliphatic heterocycles. The van der Waals surface area contributed by atoms with E-state index in [-0.39, 0.29) is 0 Å². The van der Waals surface area contributed by atoms with Crippen LogP contribution in [0, 0.1) is 5.82 Å². The third-order valence-corrected chi connectivity index (χ3v) is 5.34. The molecule has 7 nitrogen and oxygen atoms in total. The lowest BCUT2D eigenvalue weighted by atomic mass is 10.2. The predicted molar refractivity (Wildman–Crippen MR) is 127 cm³/mol. The number of halogens is 1. The maximum atomic E-state index is 13.3. The van der Waals surface area contributed by atoms with Crippen molar-refractivity contribution in [2.24, 2.45) is 0 Å². The molecule has 0 radical (unpaired) electrons. The summed E-state index contributed by atoms with van der Waals surface area (Å²) in [4.78, 5) is 23.8. The summed E-state index contributed by atoms with van der Waals surface area (Å²) in [5.74, 6) is 1.64. The fourth-order valence-corrected chi connectivity index (χ4v) is 3.78. The standard InChI is InChI=1S/C25H22FN5O2/c26-17-5-3-6-18(13-17)28-25(32)29-19-7-4-8-20(14-19)33-21-9-10-22-23(15-21)30-24(16-27-22)31-11-1-2-12-31/h3-10,13-16H,1-2,11-12H2,(H2,28,29,32). The van der Waals surface area contributed by atoms with E-state index in [9.17, 15) is 9.18 Å². The lowest BCUT2D eigenvalue weighted by Gasteiger charge is -2.16. The van der Waals surface area contributed by atoms with Gasteiger partial charge in [-0.05, 0) is 55.3 Å². The highest BCUT2D eigenvalue weighted by Crippen LogP contribution is 2.28. The minimum atomic E-state index is -0.479. The number of carbonyl (C=O) groups is 1. The average Bonchev–Trinajstić information content (AvgIpc) is 3.34. The van der Waals surface area contributed by atoms with Gasteiger partial charge in [-0.2, -0.15) is 0 Å². The van der Waals surface area contributed by atoms with Gasteiger partial charge in [-0.1, -0.05) is 12.1 Å². The SMILES string of the molecule is O=C(Nc1cccc(F)c1)Nc1cccc(Oc2ccc3ncc(N4CCCC4)nc3c2)c1. The Bertz CT molecular complexity index is 1310. The highest BCUT2D eigenvalue weighted by molar-refractivity contribution is 5.99. The summed E-state index contributed by atoms with van der Waals surface area (Å²) < 4.78 is 19.3. The number of aromatic nitrogens is 2. The van der Waals surface area contributed by atoms with Gasteiger partial charge in [-0.3, -0.25) is 4.98 Å². The van der Waals surface area contributed by atoms with Crippen LogP contribution in [-0.2, 0) is 0 Å². The first kappa shape index (κ1) is 20.7. The summed E-state index contributed by atoms with van der Waals surface area (Å²) >= 11 is 0. The van der Waals surface area contributed by atoms with E-state index in [1.807, 2.05) is 24.4 Å². The Morgan fingerprint density at radius 3 is 2.39 bits per heavy atom. The summed E-state index contributed by atoms with van der Waals surface area (Å²) in [5, 5.41) is 5.32. The Hall–Kier alpha value is -4.20. The van der Waals surface area contributed by atoms with Gasteiger partial charge in [0.25, 0.3) is 0 Å². The van der Waals surface area contributed by atoms with Crippen molar-refractivity contribution in [3.63, 3.8) is 0 Å². The molecule has 1 fully saturated rings. The molecule has 2 amide bonds. The second kappa shape index (κ2) is 9.12. The molecule has 0 spiro atoms. The molecule has 0 atom stereocenters. The molecule has 0 bridgehead atoms. The van der Waals surface area contributed by atoms with Gasteiger partial charge < -0.3 is 20.3 Å². The minimum Gasteiger partial charge on any atom is -0.457 e. The fourth-order valence-electron chi connectivity index (χ4n) is 3.78. The summed E-state index contributed by atoms with van der Waals surface area (Å²) in [6.45, 7) is 2.01. The van der Waals surface area contributed by atoms with Gasteiger partial charge in [0.2, 0.25) is 0 Å². The monoisotopic (exact) mass is 443 g/mol. The second-order valence-electron chi connectivity index (χ2n) is 7.79. The summed E-state index contributed by atoms with van der Waals surface area (Å²) in [5.41, 5.74) is 2.47. The van der Waals surface area contributed by atoms with Gasteiger partial charge in [-0.25, -0.2) is 14.2 Å². The number of anilines is 3. The van der Waals surface area contributed by atoms with Crippen LogP contribution in [0.15, 0.2) is 72.9 Å². The molecule has 0 unspecified atom stereocenters. The van der Waals surface area contributed by atoms with Gasteiger partial charge in [0.15, 0.2) is 0 Å². The number of hydrogen-bond donors (Lipinski definition) is 2. The van der Waals surface area contributed by atoms with Crippen molar-refractivity contribution in [2.45, 2.75) is 12.8 Å². The number of ether oxygens (including phenoxy) is 1. The molecule has 2 N–H and O–H groups in total. The Morgan fingerprint density at radius 1 is 0.879 bits per heavy atom. The van der Waals surface area contributed by atoms with Crippen LogP contribution >= 0.6 is 0 Å². The van der Waals surface area contributed by atoms with Crippen molar-refractivity contribution in [1.82, 2.24) is 9.97 Å². The van der Waals surface area contributed by atoms with Crippen LogP contribution in [0.1, 0.15) is 12.8 Å². The van der Waals surface area contributed by atoms with E-state index in [0.29, 0.717) is 22.9 Å². The highest BCUT2D eigenvalue weighted by atomic mass is 19.1. The molecule has 3 aromatic carbocycles. The molecule has 1 aliphatic rings. The largest absolute Gasteiger partial charge is 0.457 e. The van der Waals surface area contributed by atoms with E-state index < -0.39 is 11.8 Å². The third kappa shape index (κ3) is 5.01. The molecule has 33 heavy (non-hydrogen) atoms. The van der Waals surface area contributed by atoms with Crippen molar-refractivity contribution < 1.29 is 13.9 Å². The highest BCUT2D eigenvalue weighted by Gasteiger charge is 2.14. The summed E-state index contributed by atoms with van der Waals surface area (Å²) in [6.07, 6.45) is 4.17. The first-order valence-electron chi connectivity index (χ1n) is 10.8. The Morgan fingerprint density at radius 2 is 1.61 bits per heavy atom. The first-order chi connectivity index (χ1) is 16.1. The smallest absolute Gasteiger partial charge is 0.323 e. The molecule has 166 valence electrons. The van der Waals surface area contributed by atoms with Crippen LogP contribution < -0.4 is 20.3 Å². The van der Waals surface area contributed by atoms with Crippen LogP contribution in [0.3, 0.4) is 0 Å². The third-order valence-electron chi connectivity index (χ3n) is 5.34. The van der Waals surface area contributed by atoms with E-state index in [1.54, 1.807) is 30.3 Å². The van der Waals surface area contributed by atoms with Crippen LogP contribution in [0.4, 0.5) is 26.4 Å². The first-order valence-corrected chi connectivity index (χ1v) is 10.8. The normalized spacial score (nSPS) is 13.2. The topological polar surface area (TPSA) is 79.4 Å². The lowest BCUT2D eigenvalue weighted by Crippen LogP contribution is -2.19. The van der Waals surface area contributed by atoms with Crippen molar-refractivity contribution in [1.29, 1.82) is 0 Å². The van der Waals surface area contributed by atoms with E-state index in [0.717, 1.165) is 29.9 Å². The number of amides is 2. The van der Waals surface area contributed by atoms with Gasteiger partial charge in [-0.15, -0.1) is 0 Å². The Labute approximate surface area is 190 Å². The second-order valence-corrected chi connectivity index (χ2v) is 7.79. The van der Waals surface area contributed by atoms with Gasteiger partial charge in [0, 0.05) is 36.6 Å². The maximum Gasteiger partial charge on any atom is 0.323 e. The van der Waals surface area contributed by atoms with E-state index in [4.69, 9.17) is 9.72 Å². The van der Waals surface area contributed by atoms with Crippen molar-refractivity contribution in [3.8, 4) is 11.5 Å². The molecule has 1 aromatic heterocycles. The molecular formula is C25H22FN5O2. The Kier molecular flexibility index (Phi) is 5.72. The van der Waals surface area contributed by atoms with Gasteiger partial charge in [0.1, 0.15) is 23.1 Å². The number of rotatable bonds is 5. The van der Waals surface area contributed by atoms with Crippen LogP contribution in [0.2, 0.25) is 0 Å². The number of hydrogen-bond acceptors (Lipinski definition) is 5. The molecule has 5 rings (SSSR count). The number of carbonyl (C=O) groups excluding carboxylic acids is 1. The summed E-state index contributed by atoms with van der Waals surface area (Å²) in [6, 6.07) is 17.8. The number of benzene rings is 3. The summed E-state index contributed by atoms with van der Waals surface area (Å²) in [7, 11) is 0. The van der Waals surface area contributed by atoms with Crippen molar-refractivity contribution in [3.05, 3.63) is 78.7 Å². The number of nitrogens with one attached hydrogen (secondary N) is 2. The van der Waals surface area contributed by atoms with Crippen LogP contribution in [-0.4, -0.2) is 29.1 Å². The minimum absolute atomic E-state index is 0.366. The lowest BCUT2D eigenvalue weighted by molar-refractivity contribution is 0.262. The zero-order chi connectivity index (χ0) is 22.6. The maximum absolute atomic E-state index is 13.3. The van der Waals surface area contributed by atoms with Crippen LogP contribution in [0.5, 0.6) is 11.5 Å². The molecular weight excluding hydrogens is 421 g/mol. The Balaban J connectivity index is 1.29. The van der Waals surface area contributed by atoms with Crippen molar-refractivity contribution in [2.75, 3.05) is 28.6 Å². The number of nitrogens with zero attached hydrogens (tertiary/aromatic N) is 3. The van der Waals surface area contributed by atoms with E-state index >= 15 is 0 Å². The zero-order valence-electron chi connectivity index (χ0n) is 17.8. The average molecular weight is 443 g/mol. The van der Waals surface area contributed by atoms with Gasteiger partial charge >= 0.3 is 6.03 Å². The van der Waals surface area contributed by atoms with E-state index in [1.165, 1.54) is 31.0 Å². The number of fused-ring (bicyclic) bond motifs is 1. The molecule has 0 aliphatic carbocycles. The van der Waals surface area contributed by atoms with E-state index in [2.05, 4.69) is 20.5 Å². The molecule has 8 heteroatoms. The predicted octanol–water partition coefficient (Wildman–Crippen LogP) is 5.81. The number of urea groups is 1. The molecule has 0 saturated carbocycles. The molecule has 1 saturated heterocycles. The van der Waals surface area contributed by atoms with Crippen LogP contribution in [0.25, 0.3) is 11.0 Å². The molecule has 4 aromatic rings. The quantitative estimate of drug-likeness (QED) is 0.407. The van der Waals surface area contributed by atoms with Crippen molar-refractivity contribution >= 4 is 34.3 Å². The fraction of sp³-hybridized carbons (Fsp3) is 0.160. The zero-order valence-corrected chi connectivity index (χ0v) is 17.8. The molecule has 2 heterocycles. The van der Waals surface area contributed by atoms with Gasteiger partial charge in [0.05, 0.1) is 17.2 Å².